The van der Waals surface area contributed by atoms with Crippen molar-refractivity contribution in [3.05, 3.63) is 0 Å². The van der Waals surface area contributed by atoms with Gasteiger partial charge < -0.3 is 20.5 Å². The summed E-state index contributed by atoms with van der Waals surface area (Å²) in [7, 11) is 0. The molecule has 0 aromatic rings. The minimum absolute atomic E-state index is 0.129. The van der Waals surface area contributed by atoms with Crippen molar-refractivity contribution in [2.24, 2.45) is 5.73 Å². The van der Waals surface area contributed by atoms with Crippen LogP contribution in [0.25, 0.3) is 0 Å². The molecule has 2 aliphatic heterocycles. The van der Waals surface area contributed by atoms with Gasteiger partial charge in [-0.1, -0.05) is 0 Å². The SMILES string of the molecule is CC(C)(C)OC(=O)N1CC(CC(=O)O)(N2CCC2C(N)=O)C1. The van der Waals surface area contributed by atoms with Gasteiger partial charge in [-0.2, -0.15) is 0 Å². The Bertz CT molecular complexity index is 493. The fraction of sp³-hybridized carbons (Fsp3) is 0.786. The highest BCUT2D eigenvalue weighted by Crippen LogP contribution is 2.38. The molecule has 2 aliphatic rings. The molecule has 1 unspecified atom stereocenters. The predicted molar refractivity (Wildman–Crippen MR) is 77.1 cm³/mol. The van der Waals surface area contributed by atoms with Crippen LogP contribution in [0.5, 0.6) is 0 Å². The summed E-state index contributed by atoms with van der Waals surface area (Å²) >= 11 is 0. The number of nitrogens with two attached hydrogens (primary N) is 1. The maximum Gasteiger partial charge on any atom is 0.410 e. The summed E-state index contributed by atoms with van der Waals surface area (Å²) in [5, 5.41) is 9.14. The standard InChI is InChI=1S/C14H23N3O5/c1-13(2,3)22-12(21)16-7-14(8-16,6-10(18)19)17-5-4-9(17)11(15)20/h9H,4-8H2,1-3H3,(H2,15,20)(H,18,19). The van der Waals surface area contributed by atoms with Crippen molar-refractivity contribution < 1.29 is 24.2 Å². The number of ether oxygens (including phenoxy) is 1. The number of hydrogen-bond acceptors (Lipinski definition) is 5. The Balaban J connectivity index is 2.04. The van der Waals surface area contributed by atoms with Gasteiger partial charge in [-0.3, -0.25) is 14.5 Å². The minimum atomic E-state index is -0.959. The summed E-state index contributed by atoms with van der Waals surface area (Å²) in [5.74, 6) is -1.41. The van der Waals surface area contributed by atoms with Gasteiger partial charge in [0.15, 0.2) is 0 Å². The zero-order valence-corrected chi connectivity index (χ0v) is 13.2. The van der Waals surface area contributed by atoms with E-state index in [9.17, 15) is 14.4 Å². The number of likely N-dealkylation sites (tertiary alicyclic amines) is 2. The Morgan fingerprint density at radius 2 is 1.91 bits per heavy atom. The molecule has 0 radical (unpaired) electrons. The van der Waals surface area contributed by atoms with E-state index in [1.54, 1.807) is 20.8 Å². The summed E-state index contributed by atoms with van der Waals surface area (Å²) in [6.45, 7) is 6.40. The molecule has 2 amide bonds. The molecule has 3 N–H and O–H groups in total. The molecule has 2 fully saturated rings. The molecule has 2 rings (SSSR count). The van der Waals surface area contributed by atoms with Crippen LogP contribution in [0.1, 0.15) is 33.6 Å². The van der Waals surface area contributed by atoms with Crippen molar-refractivity contribution in [1.29, 1.82) is 0 Å². The van der Waals surface area contributed by atoms with Gasteiger partial charge in [0, 0.05) is 19.6 Å². The summed E-state index contributed by atoms with van der Waals surface area (Å²) < 4.78 is 5.28. The number of carboxylic acid groups (broad SMARTS) is 1. The van der Waals surface area contributed by atoms with Gasteiger partial charge in [-0.25, -0.2) is 4.79 Å². The molecule has 124 valence electrons. The molecule has 22 heavy (non-hydrogen) atoms. The maximum absolute atomic E-state index is 12.0. The normalized spacial score (nSPS) is 24.1. The first-order chi connectivity index (χ1) is 10.0. The molecule has 0 spiro atoms. The van der Waals surface area contributed by atoms with E-state index in [1.165, 1.54) is 4.90 Å². The topological polar surface area (TPSA) is 113 Å². The molecule has 0 aromatic heterocycles. The van der Waals surface area contributed by atoms with Gasteiger partial charge in [0.1, 0.15) is 5.60 Å². The highest BCUT2D eigenvalue weighted by Gasteiger charge is 2.56. The minimum Gasteiger partial charge on any atom is -0.481 e. The highest BCUT2D eigenvalue weighted by molar-refractivity contribution is 5.81. The third-order valence-corrected chi connectivity index (χ3v) is 4.06. The molecule has 2 saturated heterocycles. The summed E-state index contributed by atoms with van der Waals surface area (Å²) in [6, 6.07) is -0.444. The van der Waals surface area contributed by atoms with Gasteiger partial charge in [-0.15, -0.1) is 0 Å². The van der Waals surface area contributed by atoms with Gasteiger partial charge >= 0.3 is 12.1 Å². The fourth-order valence-electron chi connectivity index (χ4n) is 3.05. The average Bonchev–Trinajstić information content (AvgIpc) is 2.18. The number of hydrogen-bond donors (Lipinski definition) is 2. The van der Waals surface area contributed by atoms with E-state index in [2.05, 4.69) is 0 Å². The number of amides is 2. The number of carboxylic acids is 1. The third-order valence-electron chi connectivity index (χ3n) is 4.06. The Labute approximate surface area is 129 Å². The Morgan fingerprint density at radius 1 is 1.32 bits per heavy atom. The summed E-state index contributed by atoms with van der Waals surface area (Å²) in [6.07, 6.45) is 0.0313. The van der Waals surface area contributed by atoms with E-state index < -0.39 is 35.2 Å². The quantitative estimate of drug-likeness (QED) is 0.756. The number of carbonyl (C=O) groups excluding carboxylic acids is 2. The predicted octanol–water partition coefficient (Wildman–Crippen LogP) is 0.0102. The van der Waals surface area contributed by atoms with Gasteiger partial charge in [0.25, 0.3) is 0 Å². The number of rotatable bonds is 4. The van der Waals surface area contributed by atoms with Crippen LogP contribution in [0.15, 0.2) is 0 Å². The maximum atomic E-state index is 12.0. The first-order valence-corrected chi connectivity index (χ1v) is 7.30. The number of nitrogens with zero attached hydrogens (tertiary/aromatic N) is 2. The van der Waals surface area contributed by atoms with Crippen LogP contribution in [0.3, 0.4) is 0 Å². The van der Waals surface area contributed by atoms with Crippen molar-refractivity contribution in [3.8, 4) is 0 Å². The van der Waals surface area contributed by atoms with Crippen LogP contribution in [0.4, 0.5) is 4.79 Å². The lowest BCUT2D eigenvalue weighted by Gasteiger charge is -2.60. The molecule has 8 heteroatoms. The van der Waals surface area contributed by atoms with Crippen LogP contribution in [-0.2, 0) is 14.3 Å². The second-order valence-electron chi connectivity index (χ2n) is 7.03. The number of aliphatic carboxylic acids is 1. The van der Waals surface area contributed by atoms with Crippen LogP contribution in [0.2, 0.25) is 0 Å². The van der Waals surface area contributed by atoms with E-state index in [0.29, 0.717) is 13.0 Å². The van der Waals surface area contributed by atoms with Crippen LogP contribution < -0.4 is 5.73 Å². The molecular formula is C14H23N3O5. The van der Waals surface area contributed by atoms with Crippen molar-refractivity contribution in [3.63, 3.8) is 0 Å². The van der Waals surface area contributed by atoms with Gasteiger partial charge in [0.2, 0.25) is 5.91 Å². The van der Waals surface area contributed by atoms with Crippen molar-refractivity contribution in [2.75, 3.05) is 19.6 Å². The molecule has 0 saturated carbocycles. The second-order valence-corrected chi connectivity index (χ2v) is 7.03. The molecule has 8 nitrogen and oxygen atoms in total. The van der Waals surface area contributed by atoms with Crippen LogP contribution in [-0.4, -0.2) is 69.7 Å². The first kappa shape index (κ1) is 16.5. The lowest BCUT2D eigenvalue weighted by molar-refractivity contribution is -0.160. The molecule has 1 atom stereocenters. The van der Waals surface area contributed by atoms with E-state index in [1.807, 2.05) is 4.90 Å². The van der Waals surface area contributed by atoms with E-state index in [4.69, 9.17) is 15.6 Å². The first-order valence-electron chi connectivity index (χ1n) is 7.30. The van der Waals surface area contributed by atoms with Crippen molar-refractivity contribution in [2.45, 2.75) is 50.8 Å². The number of carbonyl (C=O) groups is 3. The lowest BCUT2D eigenvalue weighted by Crippen LogP contribution is -2.78. The largest absolute Gasteiger partial charge is 0.481 e. The van der Waals surface area contributed by atoms with Crippen LogP contribution in [0, 0.1) is 0 Å². The molecule has 2 heterocycles. The monoisotopic (exact) mass is 313 g/mol. The van der Waals surface area contributed by atoms with Crippen molar-refractivity contribution >= 4 is 18.0 Å². The van der Waals surface area contributed by atoms with Gasteiger partial charge in [-0.05, 0) is 27.2 Å². The summed E-state index contributed by atoms with van der Waals surface area (Å²) in [4.78, 5) is 37.8. The Kier molecular flexibility index (Phi) is 4.08. The Hall–Kier alpha value is -1.83. The van der Waals surface area contributed by atoms with Crippen molar-refractivity contribution in [1.82, 2.24) is 9.80 Å². The Morgan fingerprint density at radius 3 is 2.27 bits per heavy atom. The average molecular weight is 313 g/mol. The lowest BCUT2D eigenvalue weighted by atomic mass is 9.79. The van der Waals surface area contributed by atoms with Crippen LogP contribution >= 0.6 is 0 Å². The zero-order chi connectivity index (χ0) is 16.7. The highest BCUT2D eigenvalue weighted by atomic mass is 16.6. The zero-order valence-electron chi connectivity index (χ0n) is 13.2. The summed E-state index contributed by atoms with van der Waals surface area (Å²) in [5.41, 5.74) is 4.01. The fourth-order valence-corrected chi connectivity index (χ4v) is 3.05. The molecule has 0 bridgehead atoms. The van der Waals surface area contributed by atoms with E-state index >= 15 is 0 Å². The molecular weight excluding hydrogens is 290 g/mol. The smallest absolute Gasteiger partial charge is 0.410 e. The van der Waals surface area contributed by atoms with Gasteiger partial charge in [0.05, 0.1) is 18.0 Å². The number of primary amides is 1. The second kappa shape index (κ2) is 5.42. The molecule has 0 aromatic carbocycles. The third kappa shape index (κ3) is 3.16. The molecule has 0 aliphatic carbocycles. The van der Waals surface area contributed by atoms with E-state index in [-0.39, 0.29) is 19.5 Å². The van der Waals surface area contributed by atoms with E-state index in [0.717, 1.165) is 0 Å².